The predicted molar refractivity (Wildman–Crippen MR) is 66.2 cm³/mol. The fourth-order valence-electron chi connectivity index (χ4n) is 1.39. The fourth-order valence-corrected chi connectivity index (χ4v) is 2.04. The molecule has 0 bridgehead atoms. The maximum Gasteiger partial charge on any atom is 0.270 e. The second-order valence-electron chi connectivity index (χ2n) is 3.57. The minimum atomic E-state index is -0.199. The summed E-state index contributed by atoms with van der Waals surface area (Å²) in [4.78, 5) is 16.6. The molecule has 0 saturated heterocycles. The summed E-state index contributed by atoms with van der Waals surface area (Å²) in [5, 5.41) is 6.64. The van der Waals surface area contributed by atoms with Crippen LogP contribution in [0.1, 0.15) is 27.9 Å². The highest BCUT2D eigenvalue weighted by Gasteiger charge is 2.15. The Morgan fingerprint density at radius 2 is 2.35 bits per heavy atom. The average molecular weight is 248 g/mol. The summed E-state index contributed by atoms with van der Waals surface area (Å²) >= 11 is 1.10. The van der Waals surface area contributed by atoms with Crippen LogP contribution >= 0.6 is 11.5 Å². The largest absolute Gasteiger partial charge is 0.306 e. The van der Waals surface area contributed by atoms with E-state index >= 15 is 0 Å². The first kappa shape index (κ1) is 11.7. The van der Waals surface area contributed by atoms with E-state index in [0.717, 1.165) is 22.8 Å². The van der Waals surface area contributed by atoms with Crippen LogP contribution in [-0.2, 0) is 6.42 Å². The van der Waals surface area contributed by atoms with Gasteiger partial charge in [0.25, 0.3) is 5.91 Å². The molecule has 0 aromatic carbocycles. The first-order chi connectivity index (χ1) is 8.20. The van der Waals surface area contributed by atoms with E-state index in [1.807, 2.05) is 26.0 Å². The SMILES string of the molecule is CCc1nnsc1C(=O)Nc1cc(C)ccn1. The molecule has 6 heteroatoms. The van der Waals surface area contributed by atoms with Crippen molar-refractivity contribution in [2.75, 3.05) is 5.32 Å². The van der Waals surface area contributed by atoms with E-state index < -0.39 is 0 Å². The molecule has 0 aliphatic carbocycles. The van der Waals surface area contributed by atoms with E-state index in [1.165, 1.54) is 0 Å². The third-order valence-corrected chi connectivity index (χ3v) is 3.02. The molecule has 1 N–H and O–H groups in total. The maximum atomic E-state index is 11.9. The number of aryl methyl sites for hydroxylation is 2. The van der Waals surface area contributed by atoms with E-state index in [0.29, 0.717) is 17.1 Å². The van der Waals surface area contributed by atoms with Crippen LogP contribution in [0.2, 0.25) is 0 Å². The molecule has 17 heavy (non-hydrogen) atoms. The lowest BCUT2D eigenvalue weighted by molar-refractivity contribution is 0.102. The monoisotopic (exact) mass is 248 g/mol. The number of anilines is 1. The Morgan fingerprint density at radius 3 is 3.06 bits per heavy atom. The normalized spacial score (nSPS) is 10.2. The number of amides is 1. The number of pyridine rings is 1. The zero-order valence-corrected chi connectivity index (χ0v) is 10.4. The smallest absolute Gasteiger partial charge is 0.270 e. The van der Waals surface area contributed by atoms with Crippen molar-refractivity contribution in [3.05, 3.63) is 34.5 Å². The van der Waals surface area contributed by atoms with Gasteiger partial charge in [-0.2, -0.15) is 0 Å². The Balaban J connectivity index is 2.17. The van der Waals surface area contributed by atoms with E-state index in [1.54, 1.807) is 6.20 Å². The highest BCUT2D eigenvalue weighted by molar-refractivity contribution is 7.08. The standard InChI is InChI=1S/C11H12N4OS/c1-3-8-10(17-15-14-8)11(16)13-9-6-7(2)4-5-12-9/h4-6H,3H2,1-2H3,(H,12,13,16). The summed E-state index contributed by atoms with van der Waals surface area (Å²) in [6, 6.07) is 3.69. The number of nitrogens with one attached hydrogen (secondary N) is 1. The zero-order valence-electron chi connectivity index (χ0n) is 9.60. The van der Waals surface area contributed by atoms with Crippen LogP contribution < -0.4 is 5.32 Å². The van der Waals surface area contributed by atoms with Crippen LogP contribution in [0.3, 0.4) is 0 Å². The van der Waals surface area contributed by atoms with Crippen molar-refractivity contribution in [2.24, 2.45) is 0 Å². The van der Waals surface area contributed by atoms with Crippen molar-refractivity contribution in [3.8, 4) is 0 Å². The third kappa shape index (κ3) is 2.65. The number of carbonyl (C=O) groups is 1. The Labute approximate surface area is 103 Å². The fraction of sp³-hybridized carbons (Fsp3) is 0.273. The lowest BCUT2D eigenvalue weighted by Gasteiger charge is -2.03. The van der Waals surface area contributed by atoms with Gasteiger partial charge in [0, 0.05) is 6.20 Å². The van der Waals surface area contributed by atoms with E-state index in [2.05, 4.69) is 19.9 Å². The number of rotatable bonds is 3. The van der Waals surface area contributed by atoms with Gasteiger partial charge in [-0.1, -0.05) is 11.4 Å². The van der Waals surface area contributed by atoms with Gasteiger partial charge in [0.1, 0.15) is 10.7 Å². The van der Waals surface area contributed by atoms with Gasteiger partial charge in [0.2, 0.25) is 0 Å². The summed E-state index contributed by atoms with van der Waals surface area (Å²) in [6.45, 7) is 3.89. The van der Waals surface area contributed by atoms with Crippen LogP contribution in [0.25, 0.3) is 0 Å². The molecule has 2 rings (SSSR count). The second kappa shape index (κ2) is 5.01. The van der Waals surface area contributed by atoms with E-state index in [-0.39, 0.29) is 5.91 Å². The molecule has 1 amide bonds. The Hall–Kier alpha value is -1.82. The molecule has 0 aliphatic heterocycles. The van der Waals surface area contributed by atoms with Crippen molar-refractivity contribution >= 4 is 23.3 Å². The summed E-state index contributed by atoms with van der Waals surface area (Å²) in [6.07, 6.45) is 2.36. The topological polar surface area (TPSA) is 67.8 Å². The van der Waals surface area contributed by atoms with Crippen LogP contribution in [0, 0.1) is 6.92 Å². The molecule has 0 saturated carbocycles. The molecule has 0 fully saturated rings. The number of hydrogen-bond acceptors (Lipinski definition) is 5. The number of nitrogens with zero attached hydrogens (tertiary/aromatic N) is 3. The quantitative estimate of drug-likeness (QED) is 0.902. The van der Waals surface area contributed by atoms with Gasteiger partial charge in [-0.25, -0.2) is 4.98 Å². The van der Waals surface area contributed by atoms with E-state index in [9.17, 15) is 4.79 Å². The van der Waals surface area contributed by atoms with E-state index in [4.69, 9.17) is 0 Å². The molecule has 5 nitrogen and oxygen atoms in total. The molecule has 0 radical (unpaired) electrons. The molecule has 0 spiro atoms. The minimum Gasteiger partial charge on any atom is -0.306 e. The second-order valence-corrected chi connectivity index (χ2v) is 4.33. The molecule has 2 aromatic heterocycles. The van der Waals surface area contributed by atoms with Crippen LogP contribution in [-0.4, -0.2) is 20.5 Å². The average Bonchev–Trinajstić information content (AvgIpc) is 2.77. The van der Waals surface area contributed by atoms with Gasteiger partial charge in [-0.3, -0.25) is 4.79 Å². The third-order valence-electron chi connectivity index (χ3n) is 2.25. The Bertz CT molecular complexity index is 538. The molecule has 2 aromatic rings. The molecule has 0 aliphatic rings. The zero-order chi connectivity index (χ0) is 12.3. The van der Waals surface area contributed by atoms with Crippen LogP contribution in [0.5, 0.6) is 0 Å². The van der Waals surface area contributed by atoms with Gasteiger partial charge in [-0.05, 0) is 42.6 Å². The highest BCUT2D eigenvalue weighted by atomic mass is 32.1. The Morgan fingerprint density at radius 1 is 1.53 bits per heavy atom. The number of carbonyl (C=O) groups excluding carboxylic acids is 1. The first-order valence-corrected chi connectivity index (χ1v) is 6.03. The summed E-state index contributed by atoms with van der Waals surface area (Å²) in [7, 11) is 0. The molecule has 88 valence electrons. The van der Waals surface area contributed by atoms with Gasteiger partial charge in [0.15, 0.2) is 0 Å². The van der Waals surface area contributed by atoms with Gasteiger partial charge >= 0.3 is 0 Å². The van der Waals surface area contributed by atoms with Crippen molar-refractivity contribution < 1.29 is 4.79 Å². The summed E-state index contributed by atoms with van der Waals surface area (Å²) in [5.74, 6) is 0.348. The molecule has 0 atom stereocenters. The van der Waals surface area contributed by atoms with Gasteiger partial charge < -0.3 is 5.32 Å². The summed E-state index contributed by atoms with van der Waals surface area (Å²) in [5.41, 5.74) is 1.77. The molecular weight excluding hydrogens is 236 g/mol. The van der Waals surface area contributed by atoms with Crippen molar-refractivity contribution in [3.63, 3.8) is 0 Å². The van der Waals surface area contributed by atoms with Crippen LogP contribution in [0.15, 0.2) is 18.3 Å². The Kier molecular flexibility index (Phi) is 3.43. The summed E-state index contributed by atoms with van der Waals surface area (Å²) < 4.78 is 3.78. The molecule has 0 unspecified atom stereocenters. The van der Waals surface area contributed by atoms with Gasteiger partial charge in [0.05, 0.1) is 5.69 Å². The lowest BCUT2D eigenvalue weighted by Crippen LogP contribution is -2.13. The van der Waals surface area contributed by atoms with Crippen molar-refractivity contribution in [1.82, 2.24) is 14.6 Å². The minimum absolute atomic E-state index is 0.199. The first-order valence-electron chi connectivity index (χ1n) is 5.26. The van der Waals surface area contributed by atoms with Crippen LogP contribution in [0.4, 0.5) is 5.82 Å². The number of hydrogen-bond donors (Lipinski definition) is 1. The van der Waals surface area contributed by atoms with Crippen molar-refractivity contribution in [1.29, 1.82) is 0 Å². The lowest BCUT2D eigenvalue weighted by atomic mass is 10.2. The molecule has 2 heterocycles. The number of aromatic nitrogens is 3. The predicted octanol–water partition coefficient (Wildman–Crippen LogP) is 2.06. The highest BCUT2D eigenvalue weighted by Crippen LogP contribution is 2.14. The van der Waals surface area contributed by atoms with Crippen molar-refractivity contribution in [2.45, 2.75) is 20.3 Å². The molecular formula is C11H12N4OS. The maximum absolute atomic E-state index is 11.9. The van der Waals surface area contributed by atoms with Gasteiger partial charge in [-0.15, -0.1) is 5.10 Å².